The number of alkyl carbamates (subject to hydrolysis) is 1. The fourth-order valence-corrected chi connectivity index (χ4v) is 3.35. The highest BCUT2D eigenvalue weighted by Gasteiger charge is 2.49. The van der Waals surface area contributed by atoms with Gasteiger partial charge in [-0.2, -0.15) is 0 Å². The van der Waals surface area contributed by atoms with Crippen LogP contribution in [-0.2, 0) is 9.47 Å². The Hall–Kier alpha value is -1.16. The predicted octanol–water partition coefficient (Wildman–Crippen LogP) is 1.20. The summed E-state index contributed by atoms with van der Waals surface area (Å²) in [5.41, 5.74) is -0.699. The van der Waals surface area contributed by atoms with Gasteiger partial charge in [-0.05, 0) is 5.41 Å². The van der Waals surface area contributed by atoms with Crippen LogP contribution < -0.4 is 5.32 Å². The average molecular weight is 362 g/mol. The number of carbonyl (C=O) groups is 1. The van der Waals surface area contributed by atoms with Crippen LogP contribution in [0.15, 0.2) is 17.1 Å². The first kappa shape index (κ1) is 19.2. The number of amidine groups is 1. The molecular formula is C15H23FN2O5S. The first-order valence-electron chi connectivity index (χ1n) is 7.65. The molecule has 1 fully saturated rings. The third-order valence-corrected chi connectivity index (χ3v) is 4.49. The highest BCUT2D eigenvalue weighted by Crippen LogP contribution is 2.37. The van der Waals surface area contributed by atoms with Crippen molar-refractivity contribution in [1.29, 1.82) is 0 Å². The van der Waals surface area contributed by atoms with E-state index in [-0.39, 0.29) is 17.2 Å². The molecule has 3 N–H and O–H groups in total. The molecule has 9 heteroatoms. The van der Waals surface area contributed by atoms with Gasteiger partial charge in [-0.25, -0.2) is 9.18 Å². The number of ether oxygens (including phenoxy) is 2. The highest BCUT2D eigenvalue weighted by molar-refractivity contribution is 8.14. The molecule has 0 aromatic carbocycles. The van der Waals surface area contributed by atoms with Gasteiger partial charge in [0.25, 0.3) is 0 Å². The molecule has 0 spiro atoms. The summed E-state index contributed by atoms with van der Waals surface area (Å²) in [6.07, 6.45) is -1.15. The number of aliphatic imine (C=N–C) groups is 1. The van der Waals surface area contributed by atoms with Crippen molar-refractivity contribution in [2.45, 2.75) is 50.6 Å². The summed E-state index contributed by atoms with van der Waals surface area (Å²) in [7, 11) is 0. The summed E-state index contributed by atoms with van der Waals surface area (Å²) in [5, 5.41) is 21.4. The normalized spacial score (nSPS) is 33.2. The van der Waals surface area contributed by atoms with Crippen LogP contribution in [-0.4, -0.2) is 64.5 Å². The third kappa shape index (κ3) is 4.92. The van der Waals surface area contributed by atoms with Gasteiger partial charge in [0.1, 0.15) is 30.3 Å². The molecule has 7 nitrogen and oxygen atoms in total. The fourth-order valence-electron chi connectivity index (χ4n) is 2.26. The minimum Gasteiger partial charge on any atom is -0.445 e. The number of aliphatic hydroxyl groups excluding tert-OH is 2. The number of hydrogen-bond donors (Lipinski definition) is 3. The van der Waals surface area contributed by atoms with Crippen LogP contribution in [0.25, 0.3) is 0 Å². The van der Waals surface area contributed by atoms with E-state index in [0.29, 0.717) is 0 Å². The lowest BCUT2D eigenvalue weighted by atomic mass is 9.96. The zero-order chi connectivity index (χ0) is 17.9. The second kappa shape index (κ2) is 7.81. The number of nitrogens with zero attached hydrogens (tertiary/aromatic N) is 1. The van der Waals surface area contributed by atoms with Crippen molar-refractivity contribution in [3.63, 3.8) is 0 Å². The van der Waals surface area contributed by atoms with E-state index >= 15 is 0 Å². The van der Waals surface area contributed by atoms with Gasteiger partial charge in [0.2, 0.25) is 0 Å². The van der Waals surface area contributed by atoms with Gasteiger partial charge >= 0.3 is 6.09 Å². The maximum atomic E-state index is 14.1. The Morgan fingerprint density at radius 1 is 1.54 bits per heavy atom. The van der Waals surface area contributed by atoms with Gasteiger partial charge in [-0.15, -0.1) is 0 Å². The Balaban J connectivity index is 1.84. The molecule has 5 atom stereocenters. The Morgan fingerprint density at radius 3 is 2.88 bits per heavy atom. The summed E-state index contributed by atoms with van der Waals surface area (Å²) in [6, 6.07) is -0.927. The van der Waals surface area contributed by atoms with Gasteiger partial charge < -0.3 is 19.7 Å². The smallest absolute Gasteiger partial charge is 0.413 e. The monoisotopic (exact) mass is 362 g/mol. The fraction of sp³-hybridized carbons (Fsp3) is 0.733. The standard InChI is InChI=1S/C15H23FN2O5S/c1-15(2,3)5-4-6-22-14(21)18-13-17-10-9(16)11(20)8(7-19)23-12(10)24-13/h4-5,8-12,19-20H,6-7H2,1-3H3,(H,17,18,21)/t8-,9-,10-,11-,12-/m1/s1. The molecule has 0 aliphatic carbocycles. The van der Waals surface area contributed by atoms with Crippen LogP contribution in [0.1, 0.15) is 20.8 Å². The van der Waals surface area contributed by atoms with Crippen molar-refractivity contribution < 1.29 is 28.9 Å². The molecule has 0 bridgehead atoms. The third-order valence-electron chi connectivity index (χ3n) is 3.43. The summed E-state index contributed by atoms with van der Waals surface area (Å²) in [5.74, 6) is 0. The van der Waals surface area contributed by atoms with Crippen LogP contribution >= 0.6 is 11.8 Å². The summed E-state index contributed by atoms with van der Waals surface area (Å²) < 4.78 is 24.5. The second-order valence-corrected chi connectivity index (χ2v) is 7.78. The van der Waals surface area contributed by atoms with E-state index in [1.807, 2.05) is 26.8 Å². The van der Waals surface area contributed by atoms with Gasteiger partial charge in [0.05, 0.1) is 6.61 Å². The molecule has 1 saturated heterocycles. The van der Waals surface area contributed by atoms with Crippen molar-refractivity contribution in [2.75, 3.05) is 13.2 Å². The number of allylic oxidation sites excluding steroid dienone is 1. The second-order valence-electron chi connectivity index (χ2n) is 6.70. The number of thioether (sulfide) groups is 1. The van der Waals surface area contributed by atoms with Crippen molar-refractivity contribution in [2.24, 2.45) is 10.4 Å². The van der Waals surface area contributed by atoms with Gasteiger partial charge in [-0.3, -0.25) is 10.3 Å². The molecule has 24 heavy (non-hydrogen) atoms. The van der Waals surface area contributed by atoms with Crippen molar-refractivity contribution >= 4 is 23.0 Å². The van der Waals surface area contributed by atoms with Crippen LogP contribution in [0.4, 0.5) is 9.18 Å². The molecule has 0 unspecified atom stereocenters. The Morgan fingerprint density at radius 2 is 2.25 bits per heavy atom. The number of nitrogens with one attached hydrogen (secondary N) is 1. The van der Waals surface area contributed by atoms with Crippen LogP contribution in [0, 0.1) is 5.41 Å². The number of hydrogen-bond acceptors (Lipinski definition) is 7. The van der Waals surface area contributed by atoms with Crippen molar-refractivity contribution in [3.8, 4) is 0 Å². The topological polar surface area (TPSA) is 100 Å². The zero-order valence-corrected chi connectivity index (χ0v) is 14.6. The lowest BCUT2D eigenvalue weighted by molar-refractivity contribution is -0.144. The van der Waals surface area contributed by atoms with E-state index < -0.39 is 42.6 Å². The SMILES string of the molecule is CC(C)(C)C=CCOC(=O)NC1=N[C@@H]2[C@@H](F)[C@H](O)[C@@H](CO)O[C@@H]2S1. The largest absolute Gasteiger partial charge is 0.445 e. The van der Waals surface area contributed by atoms with Gasteiger partial charge in [-0.1, -0.05) is 44.7 Å². The minimum absolute atomic E-state index is 0.00151. The highest BCUT2D eigenvalue weighted by atomic mass is 32.2. The summed E-state index contributed by atoms with van der Waals surface area (Å²) >= 11 is 1.03. The maximum Gasteiger partial charge on any atom is 0.413 e. The predicted molar refractivity (Wildman–Crippen MR) is 88.5 cm³/mol. The molecule has 2 rings (SSSR count). The first-order valence-corrected chi connectivity index (χ1v) is 8.53. The molecule has 136 valence electrons. The van der Waals surface area contributed by atoms with Crippen LogP contribution in [0.2, 0.25) is 0 Å². The lowest BCUT2D eigenvalue weighted by Gasteiger charge is -2.36. The zero-order valence-electron chi connectivity index (χ0n) is 13.8. The molecule has 2 aliphatic heterocycles. The first-order chi connectivity index (χ1) is 11.2. The number of amides is 1. The quantitative estimate of drug-likeness (QED) is 0.653. The number of alkyl halides is 1. The molecule has 1 amide bonds. The van der Waals surface area contributed by atoms with E-state index in [1.165, 1.54) is 0 Å². The lowest BCUT2D eigenvalue weighted by Crippen LogP contribution is -2.53. The molecule has 0 radical (unpaired) electrons. The minimum atomic E-state index is -1.67. The van der Waals surface area contributed by atoms with Crippen LogP contribution in [0.3, 0.4) is 0 Å². The molecule has 2 aliphatic rings. The van der Waals surface area contributed by atoms with Crippen LogP contribution in [0.5, 0.6) is 0 Å². The Labute approximate surface area is 144 Å². The number of halogens is 1. The molecular weight excluding hydrogens is 339 g/mol. The van der Waals surface area contributed by atoms with E-state index in [0.717, 1.165) is 11.8 Å². The molecule has 0 saturated carbocycles. The van der Waals surface area contributed by atoms with E-state index in [1.54, 1.807) is 6.08 Å². The van der Waals surface area contributed by atoms with E-state index in [9.17, 15) is 14.3 Å². The number of carbonyl (C=O) groups excluding carboxylic acids is 1. The number of fused-ring (bicyclic) bond motifs is 1. The van der Waals surface area contributed by atoms with Gasteiger partial charge in [0, 0.05) is 0 Å². The molecule has 0 aromatic rings. The molecule has 0 aromatic heterocycles. The van der Waals surface area contributed by atoms with Gasteiger partial charge in [0.15, 0.2) is 11.3 Å². The summed E-state index contributed by atoms with van der Waals surface area (Å²) in [4.78, 5) is 15.7. The number of rotatable bonds is 3. The van der Waals surface area contributed by atoms with Crippen molar-refractivity contribution in [1.82, 2.24) is 5.32 Å². The number of aliphatic hydroxyl groups is 2. The van der Waals surface area contributed by atoms with E-state index in [4.69, 9.17) is 14.6 Å². The maximum absolute atomic E-state index is 14.1. The Bertz CT molecular complexity index is 522. The average Bonchev–Trinajstić information content (AvgIpc) is 2.89. The van der Waals surface area contributed by atoms with E-state index in [2.05, 4.69) is 10.3 Å². The molecule has 2 heterocycles. The Kier molecular flexibility index (Phi) is 6.24. The summed E-state index contributed by atoms with van der Waals surface area (Å²) in [6.45, 7) is 5.70. The van der Waals surface area contributed by atoms with Crippen molar-refractivity contribution in [3.05, 3.63) is 12.2 Å².